The van der Waals surface area contributed by atoms with E-state index in [1.54, 1.807) is 0 Å². The van der Waals surface area contributed by atoms with Crippen molar-refractivity contribution in [2.45, 2.75) is 19.4 Å². The summed E-state index contributed by atoms with van der Waals surface area (Å²) in [5.41, 5.74) is 1.00. The van der Waals surface area contributed by atoms with Gasteiger partial charge in [0.2, 0.25) is 0 Å². The van der Waals surface area contributed by atoms with Gasteiger partial charge in [0.15, 0.2) is 0 Å². The molecule has 1 rings (SSSR count). The van der Waals surface area contributed by atoms with E-state index < -0.39 is 0 Å². The molecule has 0 amide bonds. The maximum atomic E-state index is 11.2. The van der Waals surface area contributed by atoms with E-state index in [1.165, 1.54) is 7.11 Å². The maximum Gasteiger partial charge on any atom is 0.308 e. The summed E-state index contributed by atoms with van der Waals surface area (Å²) in [7, 11) is 1.39. The van der Waals surface area contributed by atoms with Crippen LogP contribution in [0.25, 0.3) is 0 Å². The average molecular weight is 208 g/mol. The topological polar surface area (TPSA) is 35.5 Å². The minimum absolute atomic E-state index is 0.205. The van der Waals surface area contributed by atoms with Crippen LogP contribution in [0.15, 0.2) is 30.3 Å². The molecule has 0 heterocycles. The first kappa shape index (κ1) is 11.7. The van der Waals surface area contributed by atoms with E-state index in [9.17, 15) is 4.79 Å². The van der Waals surface area contributed by atoms with Crippen molar-refractivity contribution in [3.63, 3.8) is 0 Å². The number of esters is 1. The predicted octanol–water partition coefficient (Wildman–Crippen LogP) is 2.33. The highest BCUT2D eigenvalue weighted by molar-refractivity contribution is 5.70. The minimum atomic E-state index is -0.252. The van der Waals surface area contributed by atoms with Crippen LogP contribution in [0.3, 0.4) is 0 Å². The number of ether oxygens (including phenoxy) is 2. The van der Waals surface area contributed by atoms with Crippen LogP contribution in [0.4, 0.5) is 0 Å². The van der Waals surface area contributed by atoms with E-state index in [4.69, 9.17) is 4.74 Å². The molecule has 3 nitrogen and oxygen atoms in total. The summed E-state index contributed by atoms with van der Waals surface area (Å²) in [5, 5.41) is 0. The number of benzene rings is 1. The largest absolute Gasteiger partial charge is 0.469 e. The van der Waals surface area contributed by atoms with Crippen molar-refractivity contribution in [3.8, 4) is 0 Å². The van der Waals surface area contributed by atoms with Gasteiger partial charge in [0.05, 0.1) is 19.6 Å². The lowest BCUT2D eigenvalue weighted by atomic mass is 10.1. The Kier molecular flexibility index (Phi) is 4.84. The van der Waals surface area contributed by atoms with Gasteiger partial charge in [-0.05, 0) is 12.5 Å². The molecule has 15 heavy (non-hydrogen) atoms. The molecule has 0 saturated heterocycles. The third-order valence-corrected chi connectivity index (χ3v) is 2.12. The number of methoxy groups -OCH3 is 1. The minimum Gasteiger partial charge on any atom is -0.469 e. The quantitative estimate of drug-likeness (QED) is 0.697. The summed E-state index contributed by atoms with van der Waals surface area (Å²) in [6, 6.07) is 9.69. The Balaban J connectivity index is 2.70. The van der Waals surface area contributed by atoms with Gasteiger partial charge in [-0.3, -0.25) is 4.79 Å². The zero-order valence-electron chi connectivity index (χ0n) is 9.10. The van der Waals surface area contributed by atoms with Crippen molar-refractivity contribution in [1.82, 2.24) is 0 Å². The van der Waals surface area contributed by atoms with Crippen molar-refractivity contribution >= 4 is 5.97 Å². The normalized spacial score (nSPS) is 12.1. The van der Waals surface area contributed by atoms with Crippen molar-refractivity contribution in [2.75, 3.05) is 13.7 Å². The maximum absolute atomic E-state index is 11.2. The third kappa shape index (κ3) is 3.72. The van der Waals surface area contributed by atoms with Crippen molar-refractivity contribution in [1.29, 1.82) is 0 Å². The first-order valence-corrected chi connectivity index (χ1v) is 5.01. The lowest BCUT2D eigenvalue weighted by Crippen LogP contribution is -2.11. The predicted molar refractivity (Wildman–Crippen MR) is 57.4 cm³/mol. The first-order chi connectivity index (χ1) is 7.27. The van der Waals surface area contributed by atoms with Crippen LogP contribution in [0.1, 0.15) is 25.0 Å². The van der Waals surface area contributed by atoms with Gasteiger partial charge in [-0.1, -0.05) is 30.3 Å². The summed E-state index contributed by atoms with van der Waals surface area (Å²) in [6.07, 6.45) is 0.0533. The number of rotatable bonds is 5. The van der Waals surface area contributed by atoms with E-state index in [0.717, 1.165) is 5.56 Å². The molecule has 0 radical (unpaired) electrons. The molecule has 0 aromatic heterocycles. The molecule has 0 saturated carbocycles. The highest BCUT2D eigenvalue weighted by Gasteiger charge is 2.15. The number of carbonyl (C=O) groups is 1. The lowest BCUT2D eigenvalue weighted by Gasteiger charge is -2.15. The molecule has 0 aliphatic rings. The van der Waals surface area contributed by atoms with Crippen LogP contribution in [-0.2, 0) is 14.3 Å². The Morgan fingerprint density at radius 1 is 1.33 bits per heavy atom. The molecule has 1 atom stereocenters. The highest BCUT2D eigenvalue weighted by Crippen LogP contribution is 2.21. The van der Waals surface area contributed by atoms with Crippen molar-refractivity contribution in [2.24, 2.45) is 0 Å². The summed E-state index contributed by atoms with van der Waals surface area (Å²) < 4.78 is 10.1. The number of hydrogen-bond donors (Lipinski definition) is 0. The molecule has 3 heteroatoms. The van der Waals surface area contributed by atoms with Crippen LogP contribution in [0.2, 0.25) is 0 Å². The van der Waals surface area contributed by atoms with Crippen LogP contribution < -0.4 is 0 Å². The smallest absolute Gasteiger partial charge is 0.308 e. The molecule has 1 aromatic carbocycles. The second kappa shape index (κ2) is 6.19. The second-order valence-electron chi connectivity index (χ2n) is 3.13. The van der Waals surface area contributed by atoms with Crippen LogP contribution in [0.5, 0.6) is 0 Å². The van der Waals surface area contributed by atoms with Gasteiger partial charge in [0.25, 0.3) is 0 Å². The van der Waals surface area contributed by atoms with E-state index in [1.807, 2.05) is 37.3 Å². The Bertz CT molecular complexity index is 295. The summed E-state index contributed by atoms with van der Waals surface area (Å²) >= 11 is 0. The van der Waals surface area contributed by atoms with E-state index in [-0.39, 0.29) is 18.5 Å². The second-order valence-corrected chi connectivity index (χ2v) is 3.13. The monoisotopic (exact) mass is 208 g/mol. The van der Waals surface area contributed by atoms with Crippen LogP contribution in [0, 0.1) is 0 Å². The van der Waals surface area contributed by atoms with Gasteiger partial charge in [-0.15, -0.1) is 0 Å². The Morgan fingerprint density at radius 2 is 2.00 bits per heavy atom. The van der Waals surface area contributed by atoms with E-state index in [0.29, 0.717) is 6.61 Å². The van der Waals surface area contributed by atoms with Gasteiger partial charge in [-0.25, -0.2) is 0 Å². The van der Waals surface area contributed by atoms with Gasteiger partial charge in [0.1, 0.15) is 0 Å². The summed E-state index contributed by atoms with van der Waals surface area (Å²) in [5.74, 6) is -0.252. The van der Waals surface area contributed by atoms with E-state index in [2.05, 4.69) is 4.74 Å². The Hall–Kier alpha value is -1.35. The molecular weight excluding hydrogens is 192 g/mol. The Morgan fingerprint density at radius 3 is 2.53 bits per heavy atom. The number of hydrogen-bond acceptors (Lipinski definition) is 3. The van der Waals surface area contributed by atoms with Gasteiger partial charge in [-0.2, -0.15) is 0 Å². The lowest BCUT2D eigenvalue weighted by molar-refractivity contribution is -0.143. The molecule has 0 fully saturated rings. The molecule has 1 unspecified atom stereocenters. The molecule has 0 aliphatic carbocycles. The molecule has 0 bridgehead atoms. The average Bonchev–Trinajstić information content (AvgIpc) is 2.29. The van der Waals surface area contributed by atoms with Gasteiger partial charge < -0.3 is 9.47 Å². The fourth-order valence-electron chi connectivity index (χ4n) is 1.38. The molecule has 1 aromatic rings. The van der Waals surface area contributed by atoms with Crippen LogP contribution in [-0.4, -0.2) is 19.7 Å². The summed E-state index contributed by atoms with van der Waals surface area (Å²) in [4.78, 5) is 11.2. The zero-order valence-corrected chi connectivity index (χ0v) is 9.10. The van der Waals surface area contributed by atoms with E-state index >= 15 is 0 Å². The Labute approximate surface area is 90.0 Å². The van der Waals surface area contributed by atoms with Gasteiger partial charge >= 0.3 is 5.97 Å². The SMILES string of the molecule is CCOC(CC(=O)OC)c1ccccc1. The molecule has 82 valence electrons. The highest BCUT2D eigenvalue weighted by atomic mass is 16.5. The first-order valence-electron chi connectivity index (χ1n) is 5.01. The third-order valence-electron chi connectivity index (χ3n) is 2.12. The molecular formula is C12H16O3. The van der Waals surface area contributed by atoms with Gasteiger partial charge in [0, 0.05) is 6.61 Å². The fraction of sp³-hybridized carbons (Fsp3) is 0.417. The summed E-state index contributed by atoms with van der Waals surface area (Å²) in [6.45, 7) is 2.49. The molecule has 0 aliphatic heterocycles. The fourth-order valence-corrected chi connectivity index (χ4v) is 1.38. The van der Waals surface area contributed by atoms with Crippen molar-refractivity contribution in [3.05, 3.63) is 35.9 Å². The van der Waals surface area contributed by atoms with Crippen LogP contribution >= 0.6 is 0 Å². The zero-order chi connectivity index (χ0) is 11.1. The molecule has 0 spiro atoms. The number of carbonyl (C=O) groups excluding carboxylic acids is 1. The molecule has 0 N–H and O–H groups in total. The standard InChI is InChI=1S/C12H16O3/c1-3-15-11(9-12(13)14-2)10-7-5-4-6-8-10/h4-8,11H,3,9H2,1-2H3. The van der Waals surface area contributed by atoms with Crippen molar-refractivity contribution < 1.29 is 14.3 Å².